The third-order valence-electron chi connectivity index (χ3n) is 3.77. The Bertz CT molecular complexity index is 826. The molecule has 0 aromatic heterocycles. The normalized spacial score (nSPS) is 10.7. The van der Waals surface area contributed by atoms with Gasteiger partial charge in [-0.3, -0.25) is 4.79 Å². The molecule has 2 rings (SSSR count). The van der Waals surface area contributed by atoms with E-state index < -0.39 is 5.82 Å². The summed E-state index contributed by atoms with van der Waals surface area (Å²) in [5.74, 6) is 0.414. The molecule has 0 radical (unpaired) electrons. The van der Waals surface area contributed by atoms with Crippen molar-refractivity contribution in [2.45, 2.75) is 0 Å². The summed E-state index contributed by atoms with van der Waals surface area (Å²) in [7, 11) is 4.65. The maximum absolute atomic E-state index is 13.5. The van der Waals surface area contributed by atoms with Crippen LogP contribution in [0.15, 0.2) is 42.5 Å². The van der Waals surface area contributed by atoms with E-state index in [0.29, 0.717) is 28.6 Å². The minimum atomic E-state index is -0.434. The van der Waals surface area contributed by atoms with Crippen LogP contribution in [-0.4, -0.2) is 45.2 Å². The van der Waals surface area contributed by atoms with E-state index in [2.05, 4.69) is 0 Å². The molecule has 0 N–H and O–H groups in total. The van der Waals surface area contributed by atoms with Crippen molar-refractivity contribution in [3.63, 3.8) is 0 Å². The number of likely N-dealkylation sites (N-methyl/N-ethyl adjacent to an activating group) is 1. The van der Waals surface area contributed by atoms with Gasteiger partial charge in [-0.25, -0.2) is 4.39 Å². The molecule has 0 fully saturated rings. The molecule has 5 nitrogen and oxygen atoms in total. The van der Waals surface area contributed by atoms with Gasteiger partial charge >= 0.3 is 0 Å². The van der Waals surface area contributed by atoms with E-state index in [9.17, 15) is 9.18 Å². The van der Waals surface area contributed by atoms with E-state index in [0.717, 1.165) is 0 Å². The number of carbonyl (C=O) groups is 1. The zero-order valence-corrected chi connectivity index (χ0v) is 16.1. The molecule has 0 saturated carbocycles. The van der Waals surface area contributed by atoms with Crippen molar-refractivity contribution in [1.82, 2.24) is 4.90 Å². The first-order valence-corrected chi connectivity index (χ1v) is 8.56. The second-order valence-electron chi connectivity index (χ2n) is 5.61. The molecule has 2 aromatic rings. The highest BCUT2D eigenvalue weighted by molar-refractivity contribution is 6.32. The number of rotatable bonds is 8. The summed E-state index contributed by atoms with van der Waals surface area (Å²) in [6, 6.07) is 9.52. The van der Waals surface area contributed by atoms with Crippen molar-refractivity contribution in [3.8, 4) is 17.2 Å². The fourth-order valence-electron chi connectivity index (χ4n) is 2.29. The second-order valence-corrected chi connectivity index (χ2v) is 6.02. The Morgan fingerprint density at radius 2 is 1.93 bits per heavy atom. The van der Waals surface area contributed by atoms with Crippen molar-refractivity contribution in [2.24, 2.45) is 0 Å². The highest BCUT2D eigenvalue weighted by atomic mass is 35.5. The van der Waals surface area contributed by atoms with Gasteiger partial charge in [0.1, 0.15) is 6.61 Å². The summed E-state index contributed by atoms with van der Waals surface area (Å²) < 4.78 is 29.2. The molecule has 7 heteroatoms. The monoisotopic (exact) mass is 393 g/mol. The van der Waals surface area contributed by atoms with Gasteiger partial charge < -0.3 is 19.1 Å². The van der Waals surface area contributed by atoms with E-state index in [4.69, 9.17) is 25.8 Å². The Morgan fingerprint density at radius 1 is 1.19 bits per heavy atom. The molecule has 0 spiro atoms. The number of ether oxygens (including phenoxy) is 3. The quantitative estimate of drug-likeness (QED) is 0.635. The van der Waals surface area contributed by atoms with Gasteiger partial charge in [-0.2, -0.15) is 0 Å². The standard InChI is InChI=1S/C20H21ClFNO4/c1-23(10-11-27-17-7-5-4-6-16(17)22)19(24)9-8-14-12-15(21)20(26-3)18(13-14)25-2/h4-9,12-13H,10-11H2,1-3H3/b9-8+. The molecule has 0 aliphatic rings. The van der Waals surface area contributed by atoms with E-state index in [-0.39, 0.29) is 18.3 Å². The van der Waals surface area contributed by atoms with Crippen LogP contribution >= 0.6 is 11.6 Å². The van der Waals surface area contributed by atoms with Crippen molar-refractivity contribution < 1.29 is 23.4 Å². The second kappa shape index (κ2) is 9.83. The zero-order chi connectivity index (χ0) is 19.8. The smallest absolute Gasteiger partial charge is 0.246 e. The van der Waals surface area contributed by atoms with Crippen LogP contribution < -0.4 is 14.2 Å². The average Bonchev–Trinajstić information content (AvgIpc) is 2.66. The number of halogens is 2. The predicted octanol–water partition coefficient (Wildman–Crippen LogP) is 4.05. The number of hydrogen-bond donors (Lipinski definition) is 0. The Balaban J connectivity index is 1.94. The van der Waals surface area contributed by atoms with E-state index in [1.807, 2.05) is 0 Å². The van der Waals surface area contributed by atoms with Crippen molar-refractivity contribution >= 4 is 23.6 Å². The lowest BCUT2D eigenvalue weighted by molar-refractivity contribution is -0.125. The van der Waals surface area contributed by atoms with Crippen LogP contribution in [0.25, 0.3) is 6.08 Å². The highest BCUT2D eigenvalue weighted by Gasteiger charge is 2.11. The number of para-hydroxylation sites is 1. The molecule has 1 amide bonds. The Hall–Kier alpha value is -2.73. The summed E-state index contributed by atoms with van der Waals surface area (Å²) >= 11 is 6.15. The molecule has 0 saturated heterocycles. The minimum Gasteiger partial charge on any atom is -0.493 e. The molecule has 0 atom stereocenters. The Kier molecular flexibility index (Phi) is 7.49. The number of amides is 1. The van der Waals surface area contributed by atoms with Crippen LogP contribution in [0, 0.1) is 5.82 Å². The first-order valence-electron chi connectivity index (χ1n) is 8.18. The predicted molar refractivity (Wildman–Crippen MR) is 103 cm³/mol. The van der Waals surface area contributed by atoms with Crippen molar-refractivity contribution in [3.05, 3.63) is 58.9 Å². The molecule has 0 unspecified atom stereocenters. The van der Waals surface area contributed by atoms with Gasteiger partial charge in [0.05, 0.1) is 25.8 Å². The SMILES string of the molecule is COc1cc(/C=C/C(=O)N(C)CCOc2ccccc2F)cc(Cl)c1OC. The molecule has 144 valence electrons. The molecular formula is C20H21ClFNO4. The van der Waals surface area contributed by atoms with Gasteiger partial charge in [0.2, 0.25) is 5.91 Å². The van der Waals surface area contributed by atoms with Gasteiger partial charge in [-0.1, -0.05) is 23.7 Å². The van der Waals surface area contributed by atoms with E-state index in [1.54, 1.807) is 37.4 Å². The van der Waals surface area contributed by atoms with Gasteiger partial charge in [-0.15, -0.1) is 0 Å². The molecular weight excluding hydrogens is 373 g/mol. The molecule has 0 bridgehead atoms. The van der Waals surface area contributed by atoms with Crippen molar-refractivity contribution in [1.29, 1.82) is 0 Å². The maximum Gasteiger partial charge on any atom is 0.246 e. The van der Waals surface area contributed by atoms with Gasteiger partial charge in [0.25, 0.3) is 0 Å². The van der Waals surface area contributed by atoms with Crippen LogP contribution in [0.4, 0.5) is 4.39 Å². The number of hydrogen-bond acceptors (Lipinski definition) is 4. The third-order valence-corrected chi connectivity index (χ3v) is 4.05. The average molecular weight is 394 g/mol. The number of benzene rings is 2. The molecule has 0 aliphatic carbocycles. The Labute approximate surface area is 162 Å². The fraction of sp³-hybridized carbons (Fsp3) is 0.250. The van der Waals surface area contributed by atoms with Gasteiger partial charge in [-0.05, 0) is 35.9 Å². The number of carbonyl (C=O) groups excluding carboxylic acids is 1. The summed E-state index contributed by atoms with van der Waals surface area (Å²) in [4.78, 5) is 13.7. The van der Waals surface area contributed by atoms with Gasteiger partial charge in [0, 0.05) is 13.1 Å². The highest BCUT2D eigenvalue weighted by Crippen LogP contribution is 2.36. The lowest BCUT2D eigenvalue weighted by atomic mass is 10.2. The van der Waals surface area contributed by atoms with Crippen molar-refractivity contribution in [2.75, 3.05) is 34.4 Å². The van der Waals surface area contributed by atoms with E-state index in [1.165, 1.54) is 37.3 Å². The topological polar surface area (TPSA) is 48.0 Å². The summed E-state index contributed by atoms with van der Waals surface area (Å²) in [6.45, 7) is 0.489. The number of methoxy groups -OCH3 is 2. The van der Waals surface area contributed by atoms with Crippen LogP contribution in [0.3, 0.4) is 0 Å². The van der Waals surface area contributed by atoms with Crippen LogP contribution in [0.2, 0.25) is 5.02 Å². The lowest BCUT2D eigenvalue weighted by Gasteiger charge is -2.16. The third kappa shape index (κ3) is 5.62. The van der Waals surface area contributed by atoms with E-state index >= 15 is 0 Å². The van der Waals surface area contributed by atoms with Crippen LogP contribution in [-0.2, 0) is 4.79 Å². The first-order chi connectivity index (χ1) is 13.0. The fourth-order valence-corrected chi connectivity index (χ4v) is 2.59. The summed E-state index contributed by atoms with van der Waals surface area (Å²) in [5.41, 5.74) is 0.696. The summed E-state index contributed by atoms with van der Waals surface area (Å²) in [6.07, 6.45) is 3.05. The lowest BCUT2D eigenvalue weighted by Crippen LogP contribution is -2.29. The van der Waals surface area contributed by atoms with Gasteiger partial charge in [0.15, 0.2) is 23.1 Å². The largest absolute Gasteiger partial charge is 0.493 e. The minimum absolute atomic E-state index is 0.161. The Morgan fingerprint density at radius 3 is 2.59 bits per heavy atom. The molecule has 0 heterocycles. The molecule has 0 aliphatic heterocycles. The maximum atomic E-state index is 13.5. The first kappa shape index (κ1) is 20.6. The zero-order valence-electron chi connectivity index (χ0n) is 15.4. The number of nitrogens with zero attached hydrogens (tertiary/aromatic N) is 1. The van der Waals surface area contributed by atoms with Crippen LogP contribution in [0.5, 0.6) is 17.2 Å². The molecule has 27 heavy (non-hydrogen) atoms. The molecule has 2 aromatic carbocycles. The van der Waals surface area contributed by atoms with Crippen LogP contribution in [0.1, 0.15) is 5.56 Å². The summed E-state index contributed by atoms with van der Waals surface area (Å²) in [5, 5.41) is 0.385.